The number of benzene rings is 2. The fourth-order valence-corrected chi connectivity index (χ4v) is 3.90. The summed E-state index contributed by atoms with van der Waals surface area (Å²) in [4.78, 5) is 31.9. The Labute approximate surface area is 180 Å². The Balaban J connectivity index is 1.87. The van der Waals surface area contributed by atoms with Crippen LogP contribution in [0.4, 0.5) is 5.69 Å². The molecular weight excluding hydrogens is 400 g/mol. The molecule has 156 valence electrons. The number of thioether (sulfide) groups is 1. The molecule has 0 radical (unpaired) electrons. The second kappa shape index (κ2) is 10.2. The van der Waals surface area contributed by atoms with Gasteiger partial charge in [-0.05, 0) is 60.5 Å². The SMILES string of the molecule is CCCN=C1S/C(=C\c2ccc(C(=O)OCCO)cc2)C(=O)N1c1ccccc1C. The van der Waals surface area contributed by atoms with Crippen molar-refractivity contribution in [1.29, 1.82) is 0 Å². The quantitative estimate of drug-likeness (QED) is 0.536. The van der Waals surface area contributed by atoms with Crippen molar-refractivity contribution in [2.24, 2.45) is 4.99 Å². The highest BCUT2D eigenvalue weighted by molar-refractivity contribution is 8.19. The number of nitrogens with zero attached hydrogens (tertiary/aromatic N) is 2. The van der Waals surface area contributed by atoms with Gasteiger partial charge in [0.2, 0.25) is 0 Å². The van der Waals surface area contributed by atoms with Crippen molar-refractivity contribution in [3.05, 3.63) is 70.1 Å². The molecule has 0 bridgehead atoms. The van der Waals surface area contributed by atoms with Gasteiger partial charge in [0.1, 0.15) is 6.61 Å². The molecular formula is C23H24N2O4S. The molecule has 0 aliphatic carbocycles. The molecule has 1 fully saturated rings. The van der Waals surface area contributed by atoms with Gasteiger partial charge >= 0.3 is 5.97 Å². The molecule has 0 unspecified atom stereocenters. The number of aliphatic hydroxyl groups excluding tert-OH is 1. The number of ether oxygens (including phenoxy) is 1. The number of amides is 1. The van der Waals surface area contributed by atoms with Crippen molar-refractivity contribution < 1.29 is 19.4 Å². The Kier molecular flexibility index (Phi) is 7.43. The number of aliphatic imine (C=N–C) groups is 1. The van der Waals surface area contributed by atoms with E-state index in [0.29, 0.717) is 22.2 Å². The normalized spacial score (nSPS) is 16.5. The number of hydrogen-bond acceptors (Lipinski definition) is 6. The van der Waals surface area contributed by atoms with Gasteiger partial charge in [-0.1, -0.05) is 37.3 Å². The van der Waals surface area contributed by atoms with E-state index in [-0.39, 0.29) is 19.1 Å². The zero-order chi connectivity index (χ0) is 21.5. The fraction of sp³-hybridized carbons (Fsp3) is 0.261. The second-order valence-electron chi connectivity index (χ2n) is 6.68. The Hall–Kier alpha value is -2.90. The van der Waals surface area contributed by atoms with Gasteiger partial charge in [0.25, 0.3) is 5.91 Å². The molecule has 2 aromatic rings. The van der Waals surface area contributed by atoms with Gasteiger partial charge in [0, 0.05) is 6.54 Å². The van der Waals surface area contributed by atoms with Crippen molar-refractivity contribution >= 4 is 40.6 Å². The first-order valence-corrected chi connectivity index (χ1v) is 10.6. The smallest absolute Gasteiger partial charge is 0.338 e. The van der Waals surface area contributed by atoms with Gasteiger partial charge in [-0.25, -0.2) is 4.79 Å². The molecule has 1 heterocycles. The number of carbonyl (C=O) groups is 2. The van der Waals surface area contributed by atoms with Crippen LogP contribution < -0.4 is 4.90 Å². The Morgan fingerprint density at radius 1 is 1.20 bits per heavy atom. The Bertz CT molecular complexity index is 983. The topological polar surface area (TPSA) is 79.2 Å². The number of esters is 1. The molecule has 1 amide bonds. The van der Waals surface area contributed by atoms with E-state index >= 15 is 0 Å². The van der Waals surface area contributed by atoms with Gasteiger partial charge < -0.3 is 9.84 Å². The first kappa shape index (κ1) is 21.8. The number of hydrogen-bond donors (Lipinski definition) is 1. The molecule has 7 heteroatoms. The van der Waals surface area contributed by atoms with Crippen LogP contribution in [0.5, 0.6) is 0 Å². The second-order valence-corrected chi connectivity index (χ2v) is 7.69. The summed E-state index contributed by atoms with van der Waals surface area (Å²) in [5.74, 6) is -0.607. The highest BCUT2D eigenvalue weighted by Gasteiger charge is 2.35. The first-order chi connectivity index (χ1) is 14.5. The van der Waals surface area contributed by atoms with Crippen molar-refractivity contribution in [3.63, 3.8) is 0 Å². The third kappa shape index (κ3) is 4.98. The summed E-state index contributed by atoms with van der Waals surface area (Å²) < 4.78 is 4.91. The summed E-state index contributed by atoms with van der Waals surface area (Å²) in [5, 5.41) is 9.43. The van der Waals surface area contributed by atoms with Gasteiger partial charge in [0.05, 0.1) is 22.8 Å². The van der Waals surface area contributed by atoms with Crippen molar-refractivity contribution in [2.45, 2.75) is 20.3 Å². The number of anilines is 1. The lowest BCUT2D eigenvalue weighted by Gasteiger charge is -2.17. The number of rotatable bonds is 7. The molecule has 0 aromatic heterocycles. The molecule has 30 heavy (non-hydrogen) atoms. The highest BCUT2D eigenvalue weighted by atomic mass is 32.2. The van der Waals surface area contributed by atoms with E-state index in [1.807, 2.05) is 38.1 Å². The lowest BCUT2D eigenvalue weighted by molar-refractivity contribution is -0.113. The average Bonchev–Trinajstić information content (AvgIpc) is 3.06. The van der Waals surface area contributed by atoms with E-state index < -0.39 is 5.97 Å². The molecule has 0 spiro atoms. The summed E-state index contributed by atoms with van der Waals surface area (Å²) in [7, 11) is 0. The summed E-state index contributed by atoms with van der Waals surface area (Å²) in [5.41, 5.74) is 3.02. The van der Waals surface area contributed by atoms with Crippen LogP contribution in [0.1, 0.15) is 34.8 Å². The third-order valence-corrected chi connectivity index (χ3v) is 5.41. The van der Waals surface area contributed by atoms with E-state index in [2.05, 4.69) is 4.99 Å². The molecule has 0 atom stereocenters. The number of amidine groups is 1. The van der Waals surface area contributed by atoms with E-state index in [4.69, 9.17) is 9.84 Å². The van der Waals surface area contributed by atoms with E-state index in [9.17, 15) is 9.59 Å². The maximum absolute atomic E-state index is 13.2. The number of aliphatic hydroxyl groups is 1. The third-order valence-electron chi connectivity index (χ3n) is 4.40. The predicted molar refractivity (Wildman–Crippen MR) is 121 cm³/mol. The molecule has 1 aliphatic rings. The number of carbonyl (C=O) groups excluding carboxylic acids is 2. The van der Waals surface area contributed by atoms with Crippen LogP contribution in [-0.2, 0) is 9.53 Å². The summed E-state index contributed by atoms with van der Waals surface area (Å²) in [6, 6.07) is 14.5. The first-order valence-electron chi connectivity index (χ1n) is 9.77. The maximum Gasteiger partial charge on any atom is 0.338 e. The van der Waals surface area contributed by atoms with Crippen molar-refractivity contribution in [1.82, 2.24) is 0 Å². The molecule has 1 N–H and O–H groups in total. The Morgan fingerprint density at radius 2 is 1.93 bits per heavy atom. The number of para-hydroxylation sites is 1. The fourth-order valence-electron chi connectivity index (χ4n) is 2.90. The van der Waals surface area contributed by atoms with E-state index in [1.54, 1.807) is 35.2 Å². The molecule has 6 nitrogen and oxygen atoms in total. The monoisotopic (exact) mass is 424 g/mol. The summed E-state index contributed by atoms with van der Waals surface area (Å²) in [6.45, 7) is 4.42. The minimum atomic E-state index is -0.491. The van der Waals surface area contributed by atoms with Crippen LogP contribution >= 0.6 is 11.8 Å². The number of aryl methyl sites for hydroxylation is 1. The Morgan fingerprint density at radius 3 is 2.60 bits per heavy atom. The van der Waals surface area contributed by atoms with Crippen LogP contribution in [-0.4, -0.2) is 41.9 Å². The van der Waals surface area contributed by atoms with Gasteiger partial charge in [-0.2, -0.15) is 0 Å². The van der Waals surface area contributed by atoms with Crippen LogP contribution in [0.3, 0.4) is 0 Å². The highest BCUT2D eigenvalue weighted by Crippen LogP contribution is 2.37. The molecule has 1 saturated heterocycles. The van der Waals surface area contributed by atoms with Gasteiger partial charge in [-0.15, -0.1) is 0 Å². The minimum Gasteiger partial charge on any atom is -0.460 e. The molecule has 2 aromatic carbocycles. The lowest BCUT2D eigenvalue weighted by atomic mass is 10.1. The van der Waals surface area contributed by atoms with Crippen molar-refractivity contribution in [3.8, 4) is 0 Å². The minimum absolute atomic E-state index is 0.0373. The largest absolute Gasteiger partial charge is 0.460 e. The molecule has 3 rings (SSSR count). The zero-order valence-corrected chi connectivity index (χ0v) is 17.8. The van der Waals surface area contributed by atoms with Crippen LogP contribution in [0.25, 0.3) is 6.08 Å². The standard InChI is InChI=1S/C23H24N2O4S/c1-3-12-24-23-25(19-7-5-4-6-16(19)2)21(27)20(30-23)15-17-8-10-18(11-9-17)22(28)29-14-13-26/h4-11,15,26H,3,12-14H2,1-2H3/b20-15-,24-23?. The van der Waals surface area contributed by atoms with Gasteiger partial charge in [-0.3, -0.25) is 14.7 Å². The molecule has 1 aliphatic heterocycles. The summed E-state index contributed by atoms with van der Waals surface area (Å²) >= 11 is 1.35. The van der Waals surface area contributed by atoms with E-state index in [0.717, 1.165) is 23.2 Å². The zero-order valence-electron chi connectivity index (χ0n) is 17.0. The van der Waals surface area contributed by atoms with Gasteiger partial charge in [0.15, 0.2) is 5.17 Å². The van der Waals surface area contributed by atoms with Crippen LogP contribution in [0.2, 0.25) is 0 Å². The van der Waals surface area contributed by atoms with E-state index in [1.165, 1.54) is 11.8 Å². The maximum atomic E-state index is 13.2. The molecule has 0 saturated carbocycles. The van der Waals surface area contributed by atoms with Crippen LogP contribution in [0, 0.1) is 6.92 Å². The predicted octanol–water partition coefficient (Wildman–Crippen LogP) is 4.03. The van der Waals surface area contributed by atoms with Crippen molar-refractivity contribution in [2.75, 3.05) is 24.7 Å². The average molecular weight is 425 g/mol. The summed E-state index contributed by atoms with van der Waals surface area (Å²) in [6.07, 6.45) is 2.70. The van der Waals surface area contributed by atoms with Crippen LogP contribution in [0.15, 0.2) is 58.4 Å². The lowest BCUT2D eigenvalue weighted by Crippen LogP contribution is -2.29.